The van der Waals surface area contributed by atoms with Crippen LogP contribution in [-0.4, -0.2) is 54.8 Å². The summed E-state index contributed by atoms with van der Waals surface area (Å²) < 4.78 is 40.1. The van der Waals surface area contributed by atoms with E-state index in [2.05, 4.69) is 18.7 Å². The molecule has 6 nitrogen and oxygen atoms in total. The number of ether oxygens (including phenoxy) is 6. The second-order valence-electron chi connectivity index (χ2n) is 10.6. The van der Waals surface area contributed by atoms with E-state index in [-0.39, 0.29) is 36.6 Å². The van der Waals surface area contributed by atoms with E-state index in [1.54, 1.807) is 6.08 Å². The minimum Gasteiger partial charge on any atom is -0.369 e. The molecular formula is C28H38O6. The Morgan fingerprint density at radius 3 is 1.65 bits per heavy atom. The highest BCUT2D eigenvalue weighted by atomic mass is 16.8. The fourth-order valence-electron chi connectivity index (χ4n) is 6.68. The van der Waals surface area contributed by atoms with Gasteiger partial charge in [0, 0.05) is 25.7 Å². The normalized spacial score (nSPS) is 38.0. The minimum atomic E-state index is -0.543. The third-order valence-electron chi connectivity index (χ3n) is 8.27. The molecule has 2 aliphatic heterocycles. The molecule has 1 aromatic rings. The molecule has 34 heavy (non-hydrogen) atoms. The van der Waals surface area contributed by atoms with Gasteiger partial charge in [-0.25, -0.2) is 0 Å². The van der Waals surface area contributed by atoms with E-state index in [0.717, 1.165) is 56.9 Å². The first-order valence-corrected chi connectivity index (χ1v) is 13.3. The smallest absolute Gasteiger partial charge is 0.169 e. The van der Waals surface area contributed by atoms with Gasteiger partial charge in [0.2, 0.25) is 0 Å². The van der Waals surface area contributed by atoms with Crippen LogP contribution in [0.25, 0.3) is 0 Å². The first kappa shape index (κ1) is 23.1. The monoisotopic (exact) mass is 470 g/mol. The Balaban J connectivity index is 1.31. The largest absolute Gasteiger partial charge is 0.369 e. The standard InChI is InChI=1S/C28H38O6/c1-2-18-29-21-23-25(33-27(31-23)14-8-4-9-15-27)22(30-19-20-12-6-3-7-13-20)26-24(21)32-28(34-26)16-10-5-11-17-28/h2-3,6-7,12-13,21-26H,1,4-5,8-11,14-19H2/t21?,22?,23-,24-,25-,26+/m1/s1. The predicted molar refractivity (Wildman–Crippen MR) is 126 cm³/mol. The summed E-state index contributed by atoms with van der Waals surface area (Å²) in [6.45, 7) is 4.81. The van der Waals surface area contributed by atoms with Gasteiger partial charge in [0.15, 0.2) is 11.6 Å². The molecule has 0 radical (unpaired) electrons. The van der Waals surface area contributed by atoms with Crippen molar-refractivity contribution in [2.45, 2.75) is 119 Å². The average molecular weight is 471 g/mol. The van der Waals surface area contributed by atoms with E-state index in [1.165, 1.54) is 12.8 Å². The van der Waals surface area contributed by atoms with Crippen molar-refractivity contribution in [3.05, 3.63) is 48.6 Å². The van der Waals surface area contributed by atoms with Gasteiger partial charge in [0.25, 0.3) is 0 Å². The molecule has 3 saturated carbocycles. The lowest BCUT2D eigenvalue weighted by atomic mass is 9.84. The van der Waals surface area contributed by atoms with Crippen molar-refractivity contribution >= 4 is 0 Å². The van der Waals surface area contributed by atoms with Gasteiger partial charge in [-0.15, -0.1) is 6.58 Å². The Morgan fingerprint density at radius 1 is 0.706 bits per heavy atom. The molecule has 0 bridgehead atoms. The van der Waals surface area contributed by atoms with Gasteiger partial charge < -0.3 is 28.4 Å². The van der Waals surface area contributed by atoms with Crippen molar-refractivity contribution in [2.24, 2.45) is 0 Å². The number of hydrogen-bond donors (Lipinski definition) is 0. The van der Waals surface area contributed by atoms with Crippen LogP contribution in [0.15, 0.2) is 43.0 Å². The third-order valence-corrected chi connectivity index (χ3v) is 8.27. The molecule has 0 aromatic heterocycles. The van der Waals surface area contributed by atoms with Crippen LogP contribution in [0.3, 0.4) is 0 Å². The van der Waals surface area contributed by atoms with Gasteiger partial charge >= 0.3 is 0 Å². The van der Waals surface area contributed by atoms with Crippen LogP contribution in [0.5, 0.6) is 0 Å². The fraction of sp³-hybridized carbons (Fsp3) is 0.714. The van der Waals surface area contributed by atoms with E-state index in [1.807, 2.05) is 18.2 Å². The summed E-state index contributed by atoms with van der Waals surface area (Å²) in [5, 5.41) is 0. The van der Waals surface area contributed by atoms with E-state index in [0.29, 0.717) is 13.2 Å². The van der Waals surface area contributed by atoms with Crippen LogP contribution < -0.4 is 0 Å². The van der Waals surface area contributed by atoms with Crippen molar-refractivity contribution < 1.29 is 28.4 Å². The number of rotatable bonds is 6. The first-order chi connectivity index (χ1) is 16.7. The molecule has 2 saturated heterocycles. The maximum Gasteiger partial charge on any atom is 0.169 e. The first-order valence-electron chi connectivity index (χ1n) is 13.3. The van der Waals surface area contributed by atoms with E-state index < -0.39 is 11.6 Å². The summed E-state index contributed by atoms with van der Waals surface area (Å²) in [6, 6.07) is 10.3. The highest BCUT2D eigenvalue weighted by Crippen LogP contribution is 2.52. The zero-order valence-electron chi connectivity index (χ0n) is 20.1. The molecular weight excluding hydrogens is 432 g/mol. The summed E-state index contributed by atoms with van der Waals surface area (Å²) in [7, 11) is 0. The highest BCUT2D eigenvalue weighted by molar-refractivity contribution is 5.15. The Hall–Kier alpha value is -1.28. The van der Waals surface area contributed by atoms with Crippen LogP contribution in [0.2, 0.25) is 0 Å². The second-order valence-corrected chi connectivity index (χ2v) is 10.6. The second kappa shape index (κ2) is 9.64. The van der Waals surface area contributed by atoms with Crippen molar-refractivity contribution in [3.63, 3.8) is 0 Å². The van der Waals surface area contributed by atoms with Crippen LogP contribution >= 0.6 is 0 Å². The van der Waals surface area contributed by atoms with Gasteiger partial charge in [0.05, 0.1) is 13.2 Å². The predicted octanol–water partition coefficient (Wildman–Crippen LogP) is 5.05. The zero-order chi connectivity index (χ0) is 23.0. The van der Waals surface area contributed by atoms with Gasteiger partial charge in [-0.2, -0.15) is 0 Å². The third kappa shape index (κ3) is 4.27. The minimum absolute atomic E-state index is 0.248. The quantitative estimate of drug-likeness (QED) is 0.543. The van der Waals surface area contributed by atoms with Crippen LogP contribution in [0, 0.1) is 0 Å². The summed E-state index contributed by atoms with van der Waals surface area (Å²) in [4.78, 5) is 0. The zero-order valence-corrected chi connectivity index (χ0v) is 20.1. The molecule has 0 amide bonds. The molecule has 6 atom stereocenters. The van der Waals surface area contributed by atoms with E-state index in [4.69, 9.17) is 28.4 Å². The van der Waals surface area contributed by atoms with Gasteiger partial charge in [-0.3, -0.25) is 0 Å². The van der Waals surface area contributed by atoms with Crippen molar-refractivity contribution in [1.29, 1.82) is 0 Å². The molecule has 2 unspecified atom stereocenters. The molecule has 5 aliphatic rings. The SMILES string of the molecule is C=CCOC1[C@H]2OC3(CCCCC3)O[C@@H]2C(OCc2ccccc2)[C@@H]2OC3(CCCCC3)O[C@H]12. The Kier molecular flexibility index (Phi) is 6.56. The molecule has 186 valence electrons. The lowest BCUT2D eigenvalue weighted by Crippen LogP contribution is -2.63. The summed E-state index contributed by atoms with van der Waals surface area (Å²) in [5.74, 6) is -1.09. The van der Waals surface area contributed by atoms with Gasteiger partial charge in [0.1, 0.15) is 36.6 Å². The van der Waals surface area contributed by atoms with Crippen LogP contribution in [0.4, 0.5) is 0 Å². The van der Waals surface area contributed by atoms with Gasteiger partial charge in [-0.1, -0.05) is 49.2 Å². The van der Waals surface area contributed by atoms with Crippen molar-refractivity contribution in [3.8, 4) is 0 Å². The molecule has 6 rings (SSSR count). The summed E-state index contributed by atoms with van der Waals surface area (Å²) >= 11 is 0. The molecule has 6 heteroatoms. The Morgan fingerprint density at radius 2 is 1.18 bits per heavy atom. The van der Waals surface area contributed by atoms with Crippen LogP contribution in [-0.2, 0) is 35.0 Å². The lowest BCUT2D eigenvalue weighted by molar-refractivity contribution is -0.228. The number of benzene rings is 1. The molecule has 2 spiro atoms. The van der Waals surface area contributed by atoms with Gasteiger partial charge in [-0.05, 0) is 31.2 Å². The topological polar surface area (TPSA) is 55.4 Å². The number of fused-ring (bicyclic) bond motifs is 2. The Labute approximate surface area is 202 Å². The number of hydrogen-bond acceptors (Lipinski definition) is 6. The molecule has 3 aliphatic carbocycles. The average Bonchev–Trinajstić information content (AvgIpc) is 3.41. The van der Waals surface area contributed by atoms with Crippen molar-refractivity contribution in [2.75, 3.05) is 6.61 Å². The summed E-state index contributed by atoms with van der Waals surface area (Å²) in [6.07, 6.45) is 10.9. The Bertz CT molecular complexity index is 789. The highest BCUT2D eigenvalue weighted by Gasteiger charge is 2.66. The molecule has 0 N–H and O–H groups in total. The maximum absolute atomic E-state index is 6.80. The fourth-order valence-corrected chi connectivity index (χ4v) is 6.68. The van der Waals surface area contributed by atoms with E-state index >= 15 is 0 Å². The summed E-state index contributed by atoms with van der Waals surface area (Å²) in [5.41, 5.74) is 1.14. The molecule has 5 fully saturated rings. The van der Waals surface area contributed by atoms with Crippen molar-refractivity contribution in [1.82, 2.24) is 0 Å². The lowest BCUT2D eigenvalue weighted by Gasteiger charge is -2.42. The molecule has 2 heterocycles. The van der Waals surface area contributed by atoms with Crippen LogP contribution in [0.1, 0.15) is 69.8 Å². The molecule has 1 aromatic carbocycles. The maximum atomic E-state index is 6.80. The van der Waals surface area contributed by atoms with E-state index in [9.17, 15) is 0 Å².